The van der Waals surface area contributed by atoms with E-state index in [1.54, 1.807) is 6.92 Å². The van der Waals surface area contributed by atoms with Crippen LogP contribution in [0.3, 0.4) is 0 Å². The molecular weight excluding hydrogens is 277 g/mol. The molecule has 0 aliphatic rings. The zero-order valence-electron chi connectivity index (χ0n) is 11.1. The van der Waals surface area contributed by atoms with E-state index in [-0.39, 0.29) is 22.6 Å². The van der Waals surface area contributed by atoms with Crippen molar-refractivity contribution >= 4 is 23.0 Å². The minimum Gasteiger partial charge on any atom is -0.396 e. The molecule has 0 unspecified atom stereocenters. The van der Waals surface area contributed by atoms with E-state index >= 15 is 0 Å². The molecule has 0 atom stereocenters. The van der Waals surface area contributed by atoms with Crippen molar-refractivity contribution in [2.45, 2.75) is 6.92 Å². The Balaban J connectivity index is 2.25. The van der Waals surface area contributed by atoms with Crippen LogP contribution in [-0.2, 0) is 0 Å². The van der Waals surface area contributed by atoms with Crippen LogP contribution in [0.2, 0.25) is 0 Å². The first-order valence-electron chi connectivity index (χ1n) is 6.00. The van der Waals surface area contributed by atoms with Gasteiger partial charge in [-0.15, -0.1) is 0 Å². The second-order valence-corrected chi connectivity index (χ2v) is 4.45. The van der Waals surface area contributed by atoms with Crippen LogP contribution < -0.4 is 11.1 Å². The smallest absolute Gasteiger partial charge is 0.274 e. The molecule has 3 N–H and O–H groups in total. The number of nitro benzene ring substituents is 1. The van der Waals surface area contributed by atoms with E-state index in [4.69, 9.17) is 5.73 Å². The third kappa shape index (κ3) is 3.14. The van der Waals surface area contributed by atoms with Gasteiger partial charge >= 0.3 is 0 Å². The summed E-state index contributed by atoms with van der Waals surface area (Å²) in [7, 11) is 0. The van der Waals surface area contributed by atoms with Gasteiger partial charge in [0.25, 0.3) is 11.6 Å². The van der Waals surface area contributed by atoms with E-state index in [0.717, 1.165) is 6.07 Å². The highest BCUT2D eigenvalue weighted by atomic mass is 19.1. The standard InChI is InChI=1S/C14H12FN3O3/c1-8-2-4-10(7-13(8)18(20)21)17-14(19)9-3-5-12(16)11(15)6-9/h2-7H,16H2,1H3,(H,17,19). The number of carbonyl (C=O) groups excluding carboxylic acids is 1. The molecule has 0 radical (unpaired) electrons. The predicted molar refractivity (Wildman–Crippen MR) is 76.6 cm³/mol. The number of aryl methyl sites for hydroxylation is 1. The first kappa shape index (κ1) is 14.4. The van der Waals surface area contributed by atoms with E-state index in [1.807, 2.05) is 0 Å². The lowest BCUT2D eigenvalue weighted by Gasteiger charge is -2.07. The minimum absolute atomic E-state index is 0.0578. The molecule has 21 heavy (non-hydrogen) atoms. The maximum Gasteiger partial charge on any atom is 0.274 e. The summed E-state index contributed by atoms with van der Waals surface area (Å²) in [6.07, 6.45) is 0. The van der Waals surface area contributed by atoms with Crippen molar-refractivity contribution in [3.05, 3.63) is 63.5 Å². The average molecular weight is 289 g/mol. The average Bonchev–Trinajstić information content (AvgIpc) is 2.43. The van der Waals surface area contributed by atoms with Gasteiger partial charge in [-0.2, -0.15) is 0 Å². The highest BCUT2D eigenvalue weighted by Crippen LogP contribution is 2.23. The predicted octanol–water partition coefficient (Wildman–Crippen LogP) is 2.88. The van der Waals surface area contributed by atoms with Crippen LogP contribution in [0.25, 0.3) is 0 Å². The number of nitrogens with one attached hydrogen (secondary N) is 1. The molecule has 0 aliphatic heterocycles. The lowest BCUT2D eigenvalue weighted by atomic mass is 10.1. The topological polar surface area (TPSA) is 98.3 Å². The molecule has 2 aromatic carbocycles. The Morgan fingerprint density at radius 2 is 2.00 bits per heavy atom. The summed E-state index contributed by atoms with van der Waals surface area (Å²) in [4.78, 5) is 22.3. The quantitative estimate of drug-likeness (QED) is 0.515. The number of nitrogen functional groups attached to an aromatic ring is 1. The Morgan fingerprint density at radius 1 is 1.29 bits per heavy atom. The van der Waals surface area contributed by atoms with Crippen LogP contribution in [0.1, 0.15) is 15.9 Å². The molecular formula is C14H12FN3O3. The van der Waals surface area contributed by atoms with Crippen molar-refractivity contribution in [3.8, 4) is 0 Å². The van der Waals surface area contributed by atoms with Gasteiger partial charge < -0.3 is 11.1 Å². The van der Waals surface area contributed by atoms with Gasteiger partial charge in [0.15, 0.2) is 0 Å². The lowest BCUT2D eigenvalue weighted by Crippen LogP contribution is -2.12. The number of benzene rings is 2. The molecule has 0 spiro atoms. The lowest BCUT2D eigenvalue weighted by molar-refractivity contribution is -0.385. The van der Waals surface area contributed by atoms with Crippen LogP contribution in [0.5, 0.6) is 0 Å². The number of hydrogen-bond donors (Lipinski definition) is 2. The fraction of sp³-hybridized carbons (Fsp3) is 0.0714. The van der Waals surface area contributed by atoms with Gasteiger partial charge in [-0.1, -0.05) is 6.07 Å². The van der Waals surface area contributed by atoms with Gasteiger partial charge in [0.05, 0.1) is 10.6 Å². The Kier molecular flexibility index (Phi) is 3.84. The van der Waals surface area contributed by atoms with E-state index < -0.39 is 16.6 Å². The van der Waals surface area contributed by atoms with Crippen LogP contribution >= 0.6 is 0 Å². The number of anilines is 2. The molecule has 0 heterocycles. The summed E-state index contributed by atoms with van der Waals surface area (Å²) in [5.74, 6) is -1.27. The molecule has 1 amide bonds. The first-order valence-corrected chi connectivity index (χ1v) is 6.00. The van der Waals surface area contributed by atoms with E-state index in [9.17, 15) is 19.3 Å². The van der Waals surface area contributed by atoms with E-state index in [1.165, 1.54) is 30.3 Å². The number of rotatable bonds is 3. The molecule has 7 heteroatoms. The van der Waals surface area contributed by atoms with Gasteiger partial charge in [-0.25, -0.2) is 4.39 Å². The fourth-order valence-corrected chi connectivity index (χ4v) is 1.76. The molecule has 0 aromatic heterocycles. The van der Waals surface area contributed by atoms with Crippen molar-refractivity contribution in [2.24, 2.45) is 0 Å². The van der Waals surface area contributed by atoms with Crippen molar-refractivity contribution in [3.63, 3.8) is 0 Å². The highest BCUT2D eigenvalue weighted by Gasteiger charge is 2.13. The zero-order valence-corrected chi connectivity index (χ0v) is 11.1. The van der Waals surface area contributed by atoms with Gasteiger partial charge in [-0.3, -0.25) is 14.9 Å². The molecule has 0 aliphatic carbocycles. The largest absolute Gasteiger partial charge is 0.396 e. The molecule has 0 saturated carbocycles. The SMILES string of the molecule is Cc1ccc(NC(=O)c2ccc(N)c(F)c2)cc1[N+](=O)[O-]. The first-order chi connectivity index (χ1) is 9.88. The molecule has 0 bridgehead atoms. The minimum atomic E-state index is -0.697. The number of amides is 1. The van der Waals surface area contributed by atoms with Crippen molar-refractivity contribution in [2.75, 3.05) is 11.1 Å². The second kappa shape index (κ2) is 5.58. The fourth-order valence-electron chi connectivity index (χ4n) is 1.76. The van der Waals surface area contributed by atoms with Crippen LogP contribution in [0.4, 0.5) is 21.5 Å². The van der Waals surface area contributed by atoms with Crippen molar-refractivity contribution in [1.29, 1.82) is 0 Å². The Labute approximate surface area is 119 Å². The summed E-state index contributed by atoms with van der Waals surface area (Å²) in [5.41, 5.74) is 5.99. The summed E-state index contributed by atoms with van der Waals surface area (Å²) >= 11 is 0. The molecule has 108 valence electrons. The molecule has 2 aromatic rings. The highest BCUT2D eigenvalue weighted by molar-refractivity contribution is 6.04. The number of halogens is 1. The van der Waals surface area contributed by atoms with Crippen molar-refractivity contribution in [1.82, 2.24) is 0 Å². The Hall–Kier alpha value is -2.96. The number of hydrogen-bond acceptors (Lipinski definition) is 4. The van der Waals surface area contributed by atoms with Gasteiger partial charge in [0.1, 0.15) is 5.82 Å². The summed E-state index contributed by atoms with van der Waals surface area (Å²) in [5, 5.41) is 13.3. The van der Waals surface area contributed by atoms with Gasteiger partial charge in [0.2, 0.25) is 0 Å². The van der Waals surface area contributed by atoms with Crippen LogP contribution in [0, 0.1) is 22.9 Å². The molecule has 2 rings (SSSR count). The van der Waals surface area contributed by atoms with Crippen LogP contribution in [0.15, 0.2) is 36.4 Å². The zero-order chi connectivity index (χ0) is 15.6. The number of nitro groups is 1. The summed E-state index contributed by atoms with van der Waals surface area (Å²) in [6, 6.07) is 7.97. The summed E-state index contributed by atoms with van der Waals surface area (Å²) < 4.78 is 13.3. The Morgan fingerprint density at radius 3 is 2.62 bits per heavy atom. The third-order valence-corrected chi connectivity index (χ3v) is 2.93. The molecule has 6 nitrogen and oxygen atoms in total. The maximum atomic E-state index is 13.3. The van der Waals surface area contributed by atoms with Crippen molar-refractivity contribution < 1.29 is 14.1 Å². The normalized spacial score (nSPS) is 10.2. The monoisotopic (exact) mass is 289 g/mol. The Bertz CT molecular complexity index is 731. The summed E-state index contributed by atoms with van der Waals surface area (Å²) in [6.45, 7) is 1.60. The third-order valence-electron chi connectivity index (χ3n) is 2.93. The van der Waals surface area contributed by atoms with Gasteiger partial charge in [0, 0.05) is 22.9 Å². The number of carbonyl (C=O) groups is 1. The van der Waals surface area contributed by atoms with Gasteiger partial charge in [-0.05, 0) is 31.2 Å². The molecule has 0 saturated heterocycles. The second-order valence-electron chi connectivity index (χ2n) is 4.45. The number of nitrogens with zero attached hydrogens (tertiary/aromatic N) is 1. The number of nitrogens with two attached hydrogens (primary N) is 1. The molecule has 0 fully saturated rings. The van der Waals surface area contributed by atoms with E-state index in [0.29, 0.717) is 5.56 Å². The van der Waals surface area contributed by atoms with E-state index in [2.05, 4.69) is 5.32 Å². The maximum absolute atomic E-state index is 13.3. The van der Waals surface area contributed by atoms with Crippen LogP contribution in [-0.4, -0.2) is 10.8 Å².